The first-order valence-electron chi connectivity index (χ1n) is 7.58. The summed E-state index contributed by atoms with van der Waals surface area (Å²) in [6.45, 7) is 4.22. The number of halogens is 2. The molecule has 3 nitrogen and oxygen atoms in total. The Bertz CT molecular complexity index is 507. The van der Waals surface area contributed by atoms with Crippen LogP contribution in [-0.4, -0.2) is 18.0 Å². The van der Waals surface area contributed by atoms with Gasteiger partial charge in [-0.3, -0.25) is 4.79 Å². The summed E-state index contributed by atoms with van der Waals surface area (Å²) in [5.41, 5.74) is 0.614. The quantitative estimate of drug-likeness (QED) is 0.872. The highest BCUT2D eigenvalue weighted by Gasteiger charge is 2.28. The Balaban J connectivity index is 1.92. The maximum Gasteiger partial charge on any atom is 0.282 e. The van der Waals surface area contributed by atoms with Gasteiger partial charge < -0.3 is 10.6 Å². The number of nitrogens with two attached hydrogens (primary N) is 1. The lowest BCUT2D eigenvalue weighted by Gasteiger charge is -2.28. The van der Waals surface area contributed by atoms with E-state index in [9.17, 15) is 4.79 Å². The number of hydrogen-bond donors (Lipinski definition) is 2. The number of rotatable bonds is 4. The Morgan fingerprint density at radius 2 is 2.05 bits per heavy atom. The Kier molecular flexibility index (Phi) is 5.91. The summed E-state index contributed by atoms with van der Waals surface area (Å²) in [4.78, 5) is 12.3. The van der Waals surface area contributed by atoms with E-state index in [2.05, 4.69) is 17.6 Å². The van der Waals surface area contributed by atoms with E-state index < -0.39 is 0 Å². The van der Waals surface area contributed by atoms with Gasteiger partial charge in [0.2, 0.25) is 0 Å². The topological polar surface area (TPSA) is 45.7 Å². The highest BCUT2D eigenvalue weighted by atomic mass is 35.5. The van der Waals surface area contributed by atoms with E-state index in [0.29, 0.717) is 27.7 Å². The van der Waals surface area contributed by atoms with Crippen LogP contribution in [0.15, 0.2) is 18.2 Å². The highest BCUT2D eigenvalue weighted by Crippen LogP contribution is 2.25. The van der Waals surface area contributed by atoms with Crippen LogP contribution in [0.4, 0.5) is 5.69 Å². The zero-order valence-electron chi connectivity index (χ0n) is 12.5. The largest absolute Gasteiger partial charge is 0.334 e. The SMILES string of the molecule is C[C@H]([NH2+][C@@H]1CCCC[C@H]1C)C(=O)Nc1ccc(Cl)cc1Cl. The van der Waals surface area contributed by atoms with Gasteiger partial charge in [-0.15, -0.1) is 0 Å². The molecule has 0 bridgehead atoms. The Labute approximate surface area is 136 Å². The van der Waals surface area contributed by atoms with Gasteiger partial charge in [0, 0.05) is 10.9 Å². The summed E-state index contributed by atoms with van der Waals surface area (Å²) >= 11 is 11.9. The minimum atomic E-state index is -0.123. The zero-order valence-corrected chi connectivity index (χ0v) is 14.0. The van der Waals surface area contributed by atoms with Crippen molar-refractivity contribution >= 4 is 34.8 Å². The number of carbonyl (C=O) groups is 1. The van der Waals surface area contributed by atoms with Gasteiger partial charge >= 0.3 is 0 Å². The number of anilines is 1. The molecule has 0 radical (unpaired) electrons. The van der Waals surface area contributed by atoms with E-state index in [0.717, 1.165) is 0 Å². The van der Waals surface area contributed by atoms with Crippen LogP contribution >= 0.6 is 23.2 Å². The van der Waals surface area contributed by atoms with Gasteiger partial charge in [0.1, 0.15) is 0 Å². The smallest absolute Gasteiger partial charge is 0.282 e. The monoisotopic (exact) mass is 329 g/mol. The van der Waals surface area contributed by atoms with E-state index in [-0.39, 0.29) is 11.9 Å². The molecule has 1 saturated carbocycles. The van der Waals surface area contributed by atoms with Crippen LogP contribution < -0.4 is 10.6 Å². The second kappa shape index (κ2) is 7.48. The minimum Gasteiger partial charge on any atom is -0.334 e. The summed E-state index contributed by atoms with van der Waals surface area (Å²) in [7, 11) is 0. The normalized spacial score (nSPS) is 23.6. The summed E-state index contributed by atoms with van der Waals surface area (Å²) in [5, 5.41) is 6.11. The molecule has 1 aliphatic carbocycles. The molecule has 1 aromatic rings. The lowest BCUT2D eigenvalue weighted by molar-refractivity contribution is -0.714. The van der Waals surface area contributed by atoms with Crippen molar-refractivity contribution in [2.24, 2.45) is 5.92 Å². The first-order valence-corrected chi connectivity index (χ1v) is 8.34. The molecule has 1 fully saturated rings. The van der Waals surface area contributed by atoms with Gasteiger partial charge in [-0.25, -0.2) is 0 Å². The molecule has 0 heterocycles. The molecule has 0 aromatic heterocycles. The summed E-state index contributed by atoms with van der Waals surface area (Å²) in [6, 6.07) is 5.51. The molecule has 0 spiro atoms. The minimum absolute atomic E-state index is 0.0167. The third-order valence-electron chi connectivity index (χ3n) is 4.32. The molecule has 5 heteroatoms. The lowest BCUT2D eigenvalue weighted by atomic mass is 9.85. The van der Waals surface area contributed by atoms with Crippen LogP contribution in [0, 0.1) is 5.92 Å². The Hall–Kier alpha value is -0.770. The van der Waals surface area contributed by atoms with Crippen molar-refractivity contribution in [3.8, 4) is 0 Å². The van der Waals surface area contributed by atoms with E-state index in [4.69, 9.17) is 23.2 Å². The molecule has 3 atom stereocenters. The van der Waals surface area contributed by atoms with Crippen molar-refractivity contribution in [2.45, 2.75) is 51.6 Å². The third kappa shape index (κ3) is 4.60. The Morgan fingerprint density at radius 1 is 1.33 bits per heavy atom. The number of quaternary nitrogens is 1. The molecule has 1 amide bonds. The van der Waals surface area contributed by atoms with Crippen molar-refractivity contribution in [3.05, 3.63) is 28.2 Å². The van der Waals surface area contributed by atoms with Gasteiger partial charge in [0.25, 0.3) is 5.91 Å². The maximum absolute atomic E-state index is 12.3. The number of carbonyl (C=O) groups excluding carboxylic acids is 1. The molecule has 3 N–H and O–H groups in total. The zero-order chi connectivity index (χ0) is 15.4. The van der Waals surface area contributed by atoms with Crippen LogP contribution in [0.5, 0.6) is 0 Å². The average Bonchev–Trinajstić information content (AvgIpc) is 2.44. The molecule has 1 aromatic carbocycles. The molecule has 116 valence electrons. The van der Waals surface area contributed by atoms with Crippen molar-refractivity contribution in [2.75, 3.05) is 5.32 Å². The van der Waals surface area contributed by atoms with Crippen molar-refractivity contribution in [1.82, 2.24) is 0 Å². The fourth-order valence-corrected chi connectivity index (χ4v) is 3.38. The van der Waals surface area contributed by atoms with Crippen LogP contribution in [0.2, 0.25) is 10.0 Å². The number of benzene rings is 1. The first-order chi connectivity index (χ1) is 9.97. The van der Waals surface area contributed by atoms with E-state index in [1.807, 2.05) is 6.92 Å². The van der Waals surface area contributed by atoms with Crippen LogP contribution in [-0.2, 0) is 4.79 Å². The number of hydrogen-bond acceptors (Lipinski definition) is 1. The lowest BCUT2D eigenvalue weighted by Crippen LogP contribution is -2.97. The summed E-state index contributed by atoms with van der Waals surface area (Å²) in [6.07, 6.45) is 5.04. The van der Waals surface area contributed by atoms with Gasteiger partial charge in [-0.05, 0) is 44.4 Å². The summed E-state index contributed by atoms with van der Waals surface area (Å²) < 4.78 is 0. The van der Waals surface area contributed by atoms with Crippen LogP contribution in [0.1, 0.15) is 39.5 Å². The predicted molar refractivity (Wildman–Crippen MR) is 87.9 cm³/mol. The molecular formula is C16H23Cl2N2O+. The molecule has 1 aliphatic rings. The van der Waals surface area contributed by atoms with Crippen molar-refractivity contribution in [1.29, 1.82) is 0 Å². The van der Waals surface area contributed by atoms with Gasteiger partial charge in [0.15, 0.2) is 6.04 Å². The number of amides is 1. The van der Waals surface area contributed by atoms with Crippen molar-refractivity contribution in [3.63, 3.8) is 0 Å². The standard InChI is InChI=1S/C16H22Cl2N2O/c1-10-5-3-4-6-14(10)19-11(2)16(21)20-15-8-7-12(17)9-13(15)18/h7-11,14,19H,3-6H2,1-2H3,(H,20,21)/p+1/t10-,11+,14-/m1/s1. The van der Waals surface area contributed by atoms with Gasteiger partial charge in [-0.1, -0.05) is 36.5 Å². The van der Waals surface area contributed by atoms with Crippen LogP contribution in [0.25, 0.3) is 0 Å². The highest BCUT2D eigenvalue weighted by molar-refractivity contribution is 6.36. The molecule has 2 rings (SSSR count). The van der Waals surface area contributed by atoms with Gasteiger partial charge in [0.05, 0.1) is 16.8 Å². The molecule has 0 aliphatic heterocycles. The van der Waals surface area contributed by atoms with E-state index in [1.54, 1.807) is 18.2 Å². The second-order valence-electron chi connectivity index (χ2n) is 6.02. The molecule has 0 unspecified atom stereocenters. The second-order valence-corrected chi connectivity index (χ2v) is 6.86. The van der Waals surface area contributed by atoms with Crippen molar-refractivity contribution < 1.29 is 10.1 Å². The van der Waals surface area contributed by atoms with Gasteiger partial charge in [-0.2, -0.15) is 0 Å². The fourth-order valence-electron chi connectivity index (χ4n) is 2.93. The number of nitrogens with one attached hydrogen (secondary N) is 1. The molecular weight excluding hydrogens is 307 g/mol. The van der Waals surface area contributed by atoms with Crippen LogP contribution in [0.3, 0.4) is 0 Å². The predicted octanol–water partition coefficient (Wildman–Crippen LogP) is 3.46. The fraction of sp³-hybridized carbons (Fsp3) is 0.562. The first kappa shape index (κ1) is 16.6. The van der Waals surface area contributed by atoms with E-state index in [1.165, 1.54) is 25.7 Å². The molecule has 21 heavy (non-hydrogen) atoms. The maximum atomic E-state index is 12.3. The van der Waals surface area contributed by atoms with E-state index >= 15 is 0 Å². The summed E-state index contributed by atoms with van der Waals surface area (Å²) in [5.74, 6) is 0.658. The average molecular weight is 330 g/mol. The Morgan fingerprint density at radius 3 is 2.71 bits per heavy atom. The third-order valence-corrected chi connectivity index (χ3v) is 4.86. The molecule has 0 saturated heterocycles.